The smallest absolute Gasteiger partial charge is 0.164 e. The zero-order chi connectivity index (χ0) is 35.0. The molecule has 1 aliphatic carbocycles. The van der Waals surface area contributed by atoms with Crippen LogP contribution in [0, 0.1) is 16.9 Å². The van der Waals surface area contributed by atoms with Crippen LogP contribution in [0.3, 0.4) is 0 Å². The summed E-state index contributed by atoms with van der Waals surface area (Å²) >= 11 is 1.89. The number of ketones is 1. The first kappa shape index (κ1) is 38.6. The molecule has 261 valence electrons. The molecule has 49 heavy (non-hydrogen) atoms. The fraction of sp³-hybridized carbons (Fsp3) is 0.419. The van der Waals surface area contributed by atoms with Crippen LogP contribution in [-0.2, 0) is 30.3 Å². The largest absolute Gasteiger partial charge is 0.512 e. The third-order valence-electron chi connectivity index (χ3n) is 11.2. The van der Waals surface area contributed by atoms with Gasteiger partial charge >= 0.3 is 0 Å². The quantitative estimate of drug-likeness (QED) is 0.0911. The van der Waals surface area contributed by atoms with Gasteiger partial charge in [-0.1, -0.05) is 105 Å². The maximum atomic E-state index is 12.2. The predicted octanol–water partition coefficient (Wildman–Crippen LogP) is 12.4. The molecule has 0 spiro atoms. The van der Waals surface area contributed by atoms with E-state index in [1.807, 2.05) is 65.1 Å². The van der Waals surface area contributed by atoms with Crippen molar-refractivity contribution in [3.05, 3.63) is 95.4 Å². The van der Waals surface area contributed by atoms with Gasteiger partial charge in [0.05, 0.1) is 11.3 Å². The molecule has 0 bridgehead atoms. The maximum absolute atomic E-state index is 12.2. The summed E-state index contributed by atoms with van der Waals surface area (Å²) in [4.78, 5) is 23.3. The molecule has 3 aromatic carbocycles. The number of hydrogen-bond donors (Lipinski definition) is 1. The zero-order valence-corrected chi connectivity index (χ0v) is 34.0. The minimum atomic E-state index is -0.337. The Morgan fingerprint density at radius 1 is 0.959 bits per heavy atom. The van der Waals surface area contributed by atoms with E-state index in [4.69, 9.17) is 9.97 Å². The van der Waals surface area contributed by atoms with Crippen LogP contribution < -0.4 is 0 Å². The number of benzene rings is 3. The molecule has 0 fully saturated rings. The standard InChI is InChI=1S/C28H23N2S.C15H28O2.Ir/c1-16(2)17-12-13-18-15-29-27(30-22(18)14-17)21-10-7-9-20-24(21)28(3,4)25-19-8-5-6-11-23(19)31-26(20)25;1-7-14(5,8-2)12(16)11-13(17)15(6,9-3)10-4;/h5-9,11-16H,1-4H3;11,16H,7-10H2,1-6H3;/q-1;;/b;12-11-;. The SMILES string of the molecule is CC(C)c1ccc2cnc(-c3[c-]ccc4c3C(C)(C)c3c-4sc4ccccc34)nc2c1.CCC(C)(CC)C(=O)/C=C(\O)C(C)(CC)CC.[Ir]. The van der Waals surface area contributed by atoms with Gasteiger partial charge in [0.15, 0.2) is 5.78 Å². The molecule has 0 aliphatic heterocycles. The Morgan fingerprint density at radius 2 is 1.61 bits per heavy atom. The third kappa shape index (κ3) is 7.07. The van der Waals surface area contributed by atoms with E-state index >= 15 is 0 Å². The summed E-state index contributed by atoms with van der Waals surface area (Å²) in [6, 6.07) is 23.0. The molecule has 1 aliphatic rings. The van der Waals surface area contributed by atoms with Crippen LogP contribution >= 0.6 is 11.3 Å². The van der Waals surface area contributed by atoms with Gasteiger partial charge in [-0.3, -0.25) is 14.8 Å². The molecule has 2 heterocycles. The van der Waals surface area contributed by atoms with Crippen LogP contribution in [0.2, 0.25) is 0 Å². The van der Waals surface area contributed by atoms with Gasteiger partial charge in [0.25, 0.3) is 0 Å². The van der Waals surface area contributed by atoms with Crippen molar-refractivity contribution in [2.45, 2.75) is 106 Å². The Balaban J connectivity index is 0.000000260. The predicted molar refractivity (Wildman–Crippen MR) is 204 cm³/mol. The number of thiophene rings is 1. The Hall–Kier alpha value is -3.18. The molecular weight excluding hydrogens is 801 g/mol. The topological polar surface area (TPSA) is 63.1 Å². The van der Waals surface area contributed by atoms with E-state index in [0.717, 1.165) is 48.0 Å². The van der Waals surface area contributed by atoms with E-state index in [9.17, 15) is 9.90 Å². The molecule has 0 saturated carbocycles. The number of aliphatic hydroxyl groups excluding tert-OH is 1. The first-order valence-corrected chi connectivity index (χ1v) is 18.4. The van der Waals surface area contributed by atoms with Crippen LogP contribution in [0.25, 0.3) is 42.8 Å². The number of fused-ring (bicyclic) bond motifs is 6. The van der Waals surface area contributed by atoms with Crippen molar-refractivity contribution in [2.75, 3.05) is 0 Å². The summed E-state index contributed by atoms with van der Waals surface area (Å²) in [5.41, 5.74) is 6.60. The van der Waals surface area contributed by atoms with E-state index in [1.54, 1.807) is 0 Å². The van der Waals surface area contributed by atoms with E-state index in [1.165, 1.54) is 43.3 Å². The van der Waals surface area contributed by atoms with Crippen LogP contribution in [-0.4, -0.2) is 20.9 Å². The maximum Gasteiger partial charge on any atom is 0.164 e. The molecule has 1 radical (unpaired) electrons. The Bertz CT molecular complexity index is 2000. The second-order valence-corrected chi connectivity index (χ2v) is 15.7. The summed E-state index contributed by atoms with van der Waals surface area (Å²) < 4.78 is 1.35. The number of aliphatic hydroxyl groups is 1. The van der Waals surface area contributed by atoms with Crippen LogP contribution in [0.4, 0.5) is 0 Å². The van der Waals surface area contributed by atoms with Crippen molar-refractivity contribution in [1.29, 1.82) is 0 Å². The number of carbonyl (C=O) groups excluding carboxylic acids is 1. The second kappa shape index (κ2) is 15.0. The van der Waals surface area contributed by atoms with Gasteiger partial charge in [-0.05, 0) is 65.7 Å². The van der Waals surface area contributed by atoms with Gasteiger partial charge in [0, 0.05) is 58.2 Å². The number of rotatable bonds is 9. The second-order valence-electron chi connectivity index (χ2n) is 14.7. The molecule has 4 nitrogen and oxygen atoms in total. The molecular formula is C43H51IrN2O2S-. The van der Waals surface area contributed by atoms with Crippen molar-refractivity contribution < 1.29 is 30.0 Å². The number of allylic oxidation sites excluding steroid dienone is 2. The molecule has 2 aromatic heterocycles. The molecule has 6 rings (SSSR count). The van der Waals surface area contributed by atoms with Crippen molar-refractivity contribution in [1.82, 2.24) is 9.97 Å². The van der Waals surface area contributed by atoms with Gasteiger partial charge in [-0.15, -0.1) is 40.7 Å². The Morgan fingerprint density at radius 3 is 2.24 bits per heavy atom. The number of nitrogens with zero attached hydrogens (tertiary/aromatic N) is 2. The number of aromatic nitrogens is 2. The molecule has 0 atom stereocenters. The fourth-order valence-electron chi connectivity index (χ4n) is 6.70. The fourth-order valence-corrected chi connectivity index (χ4v) is 8.09. The zero-order valence-electron chi connectivity index (χ0n) is 30.7. The van der Waals surface area contributed by atoms with Crippen molar-refractivity contribution in [3.63, 3.8) is 0 Å². The van der Waals surface area contributed by atoms with Crippen LogP contribution in [0.15, 0.2) is 72.6 Å². The first-order chi connectivity index (χ1) is 22.7. The average Bonchev–Trinajstić information content (AvgIpc) is 3.60. The summed E-state index contributed by atoms with van der Waals surface area (Å²) in [6.07, 6.45) is 6.70. The van der Waals surface area contributed by atoms with E-state index in [-0.39, 0.29) is 47.9 Å². The normalized spacial score (nSPS) is 13.9. The van der Waals surface area contributed by atoms with Crippen LogP contribution in [0.1, 0.15) is 118 Å². The molecule has 6 heteroatoms. The van der Waals surface area contributed by atoms with E-state index in [2.05, 4.69) is 82.3 Å². The minimum absolute atomic E-state index is 0. The Labute approximate surface area is 310 Å². The summed E-state index contributed by atoms with van der Waals surface area (Å²) in [5.74, 6) is 1.52. The van der Waals surface area contributed by atoms with Crippen molar-refractivity contribution in [3.8, 4) is 21.8 Å². The molecule has 5 aromatic rings. The minimum Gasteiger partial charge on any atom is -0.512 e. The van der Waals surface area contributed by atoms with Gasteiger partial charge in [0.1, 0.15) is 5.76 Å². The third-order valence-corrected chi connectivity index (χ3v) is 12.4. The Kier molecular flexibility index (Phi) is 11.8. The number of hydrogen-bond acceptors (Lipinski definition) is 5. The van der Waals surface area contributed by atoms with Gasteiger partial charge < -0.3 is 5.11 Å². The summed E-state index contributed by atoms with van der Waals surface area (Å²) in [7, 11) is 0. The van der Waals surface area contributed by atoms with Crippen molar-refractivity contribution >= 4 is 38.1 Å². The van der Waals surface area contributed by atoms with E-state index < -0.39 is 0 Å². The first-order valence-electron chi connectivity index (χ1n) is 17.5. The average molecular weight is 852 g/mol. The van der Waals surface area contributed by atoms with Gasteiger partial charge in [-0.25, -0.2) is 0 Å². The monoisotopic (exact) mass is 852 g/mol. The summed E-state index contributed by atoms with van der Waals surface area (Å²) in [5, 5.41) is 12.6. The van der Waals surface area contributed by atoms with Gasteiger partial charge in [-0.2, -0.15) is 0 Å². The molecule has 0 amide bonds. The number of carbonyl (C=O) groups is 1. The van der Waals surface area contributed by atoms with Crippen molar-refractivity contribution in [2.24, 2.45) is 10.8 Å². The summed E-state index contributed by atoms with van der Waals surface area (Å²) in [6.45, 7) is 21.2. The molecule has 1 N–H and O–H groups in total. The molecule has 0 unspecified atom stereocenters. The van der Waals surface area contributed by atoms with E-state index in [0.29, 0.717) is 5.92 Å². The molecule has 0 saturated heterocycles. The van der Waals surface area contributed by atoms with Crippen LogP contribution in [0.5, 0.6) is 0 Å². The van der Waals surface area contributed by atoms with Gasteiger partial charge in [0.2, 0.25) is 0 Å².